The van der Waals surface area contributed by atoms with E-state index >= 15 is 0 Å². The summed E-state index contributed by atoms with van der Waals surface area (Å²) in [5, 5.41) is 7.35. The van der Waals surface area contributed by atoms with Crippen molar-refractivity contribution in [3.63, 3.8) is 0 Å². The van der Waals surface area contributed by atoms with Crippen LogP contribution in [0.3, 0.4) is 0 Å². The maximum absolute atomic E-state index is 4.21. The van der Waals surface area contributed by atoms with Crippen LogP contribution in [-0.4, -0.2) is 28.2 Å². The van der Waals surface area contributed by atoms with Crippen LogP contribution in [0.4, 0.5) is 0 Å². The number of unbranched alkanes of at least 4 members (excludes halogenated alkanes) is 1. The van der Waals surface area contributed by atoms with Crippen LogP contribution < -0.4 is 0 Å². The summed E-state index contributed by atoms with van der Waals surface area (Å²) in [6, 6.07) is 10.4. The van der Waals surface area contributed by atoms with Gasteiger partial charge in [0, 0.05) is 12.1 Å². The molecule has 0 spiro atoms. The smallest absolute Gasteiger partial charge is 0.0695 e. The van der Waals surface area contributed by atoms with Crippen LogP contribution in [-0.2, 0) is 6.54 Å². The normalized spacial score (nSPS) is 11.1. The molecule has 102 valence electrons. The maximum atomic E-state index is 4.21. The van der Waals surface area contributed by atoms with E-state index in [0.29, 0.717) is 0 Å². The number of H-pyrrole nitrogens is 1. The molecule has 0 fully saturated rings. The number of rotatable bonds is 7. The molecule has 0 saturated heterocycles. The fourth-order valence-electron chi connectivity index (χ4n) is 2.26. The van der Waals surface area contributed by atoms with Crippen molar-refractivity contribution in [2.45, 2.75) is 33.2 Å². The van der Waals surface area contributed by atoms with Gasteiger partial charge in [-0.1, -0.05) is 50.6 Å². The minimum Gasteiger partial charge on any atom is -0.299 e. The molecule has 19 heavy (non-hydrogen) atoms. The standard InChI is InChI=1S/C16H23N3/c1-3-5-11-19(4-2)13-15-12-17-18-16(15)14-9-7-6-8-10-14/h6-10,12H,3-5,11,13H2,1-2H3,(H,17,18). The van der Waals surface area contributed by atoms with Gasteiger partial charge in [0.05, 0.1) is 11.9 Å². The quantitative estimate of drug-likeness (QED) is 0.820. The van der Waals surface area contributed by atoms with Crippen LogP contribution in [0.1, 0.15) is 32.3 Å². The first-order valence-electron chi connectivity index (χ1n) is 7.15. The van der Waals surface area contributed by atoms with Crippen LogP contribution in [0.15, 0.2) is 36.5 Å². The zero-order valence-corrected chi connectivity index (χ0v) is 11.9. The average molecular weight is 257 g/mol. The van der Waals surface area contributed by atoms with Gasteiger partial charge in [0.25, 0.3) is 0 Å². The van der Waals surface area contributed by atoms with Gasteiger partial charge in [-0.25, -0.2) is 0 Å². The summed E-state index contributed by atoms with van der Waals surface area (Å²) in [5.74, 6) is 0. The summed E-state index contributed by atoms with van der Waals surface area (Å²) in [6.45, 7) is 7.67. The Balaban J connectivity index is 2.11. The van der Waals surface area contributed by atoms with Crippen LogP contribution in [0, 0.1) is 0 Å². The molecule has 1 aromatic heterocycles. The summed E-state index contributed by atoms with van der Waals surface area (Å²) in [7, 11) is 0. The lowest BCUT2D eigenvalue weighted by Gasteiger charge is -2.19. The molecule has 1 aromatic carbocycles. The van der Waals surface area contributed by atoms with E-state index < -0.39 is 0 Å². The average Bonchev–Trinajstić information content (AvgIpc) is 2.92. The Morgan fingerprint density at radius 2 is 1.95 bits per heavy atom. The molecular weight excluding hydrogens is 234 g/mol. The highest BCUT2D eigenvalue weighted by molar-refractivity contribution is 5.62. The number of aromatic amines is 1. The van der Waals surface area contributed by atoms with Crippen molar-refractivity contribution in [3.05, 3.63) is 42.1 Å². The SMILES string of the molecule is CCCCN(CC)Cc1cn[nH]c1-c1ccccc1. The molecule has 0 aliphatic carbocycles. The van der Waals surface area contributed by atoms with Gasteiger partial charge in [-0.2, -0.15) is 5.10 Å². The highest BCUT2D eigenvalue weighted by atomic mass is 15.1. The zero-order chi connectivity index (χ0) is 13.5. The first kappa shape index (κ1) is 13.8. The van der Waals surface area contributed by atoms with Crippen molar-refractivity contribution < 1.29 is 0 Å². The van der Waals surface area contributed by atoms with Gasteiger partial charge in [0.1, 0.15) is 0 Å². The van der Waals surface area contributed by atoms with E-state index in [1.807, 2.05) is 12.3 Å². The largest absolute Gasteiger partial charge is 0.299 e. The van der Waals surface area contributed by atoms with Gasteiger partial charge in [-0.15, -0.1) is 0 Å². The monoisotopic (exact) mass is 257 g/mol. The fraction of sp³-hybridized carbons (Fsp3) is 0.438. The van der Waals surface area contributed by atoms with Crippen LogP contribution >= 0.6 is 0 Å². The minimum atomic E-state index is 0.969. The second-order valence-electron chi connectivity index (χ2n) is 4.86. The molecular formula is C16H23N3. The highest BCUT2D eigenvalue weighted by Crippen LogP contribution is 2.21. The molecule has 1 heterocycles. The van der Waals surface area contributed by atoms with Crippen molar-refractivity contribution in [1.82, 2.24) is 15.1 Å². The van der Waals surface area contributed by atoms with Crippen LogP contribution in [0.2, 0.25) is 0 Å². The van der Waals surface area contributed by atoms with Crippen LogP contribution in [0.25, 0.3) is 11.3 Å². The molecule has 2 aromatic rings. The van der Waals surface area contributed by atoms with E-state index in [0.717, 1.165) is 25.3 Å². The van der Waals surface area contributed by atoms with Crippen LogP contribution in [0.5, 0.6) is 0 Å². The molecule has 0 aliphatic rings. The second kappa shape index (κ2) is 7.10. The van der Waals surface area contributed by atoms with Crippen molar-refractivity contribution in [2.24, 2.45) is 0 Å². The number of hydrogen-bond acceptors (Lipinski definition) is 2. The maximum Gasteiger partial charge on any atom is 0.0695 e. The van der Waals surface area contributed by atoms with E-state index in [-0.39, 0.29) is 0 Å². The summed E-state index contributed by atoms with van der Waals surface area (Å²) in [5.41, 5.74) is 3.64. The zero-order valence-electron chi connectivity index (χ0n) is 11.9. The summed E-state index contributed by atoms with van der Waals surface area (Å²) >= 11 is 0. The topological polar surface area (TPSA) is 31.9 Å². The Bertz CT molecular complexity index is 476. The lowest BCUT2D eigenvalue weighted by molar-refractivity contribution is 0.276. The molecule has 0 bridgehead atoms. The van der Waals surface area contributed by atoms with Gasteiger partial charge in [0.2, 0.25) is 0 Å². The van der Waals surface area contributed by atoms with Crippen molar-refractivity contribution >= 4 is 0 Å². The van der Waals surface area contributed by atoms with Gasteiger partial charge >= 0.3 is 0 Å². The summed E-state index contributed by atoms with van der Waals surface area (Å²) < 4.78 is 0. The van der Waals surface area contributed by atoms with Gasteiger partial charge < -0.3 is 0 Å². The molecule has 3 nitrogen and oxygen atoms in total. The number of hydrogen-bond donors (Lipinski definition) is 1. The third-order valence-corrected chi connectivity index (χ3v) is 3.45. The van der Waals surface area contributed by atoms with Gasteiger partial charge in [-0.05, 0) is 25.1 Å². The lowest BCUT2D eigenvalue weighted by Crippen LogP contribution is -2.24. The molecule has 1 N–H and O–H groups in total. The molecule has 0 atom stereocenters. The van der Waals surface area contributed by atoms with Crippen molar-refractivity contribution in [3.8, 4) is 11.3 Å². The first-order valence-corrected chi connectivity index (χ1v) is 7.15. The van der Waals surface area contributed by atoms with Crippen molar-refractivity contribution in [2.75, 3.05) is 13.1 Å². The lowest BCUT2D eigenvalue weighted by atomic mass is 10.1. The second-order valence-corrected chi connectivity index (χ2v) is 4.86. The van der Waals surface area contributed by atoms with Gasteiger partial charge in [-0.3, -0.25) is 10.00 Å². The Morgan fingerprint density at radius 3 is 2.63 bits per heavy atom. The van der Waals surface area contributed by atoms with Gasteiger partial charge in [0.15, 0.2) is 0 Å². The number of aromatic nitrogens is 2. The molecule has 0 aliphatic heterocycles. The minimum absolute atomic E-state index is 0.969. The Kier molecular flexibility index (Phi) is 5.16. The first-order chi connectivity index (χ1) is 9.35. The third-order valence-electron chi connectivity index (χ3n) is 3.45. The van der Waals surface area contributed by atoms with E-state index in [9.17, 15) is 0 Å². The third kappa shape index (κ3) is 3.67. The number of nitrogens with one attached hydrogen (secondary N) is 1. The highest BCUT2D eigenvalue weighted by Gasteiger charge is 2.10. The molecule has 0 radical (unpaired) electrons. The van der Waals surface area contributed by atoms with E-state index in [2.05, 4.69) is 53.2 Å². The molecule has 0 saturated carbocycles. The Labute approximate surface area is 115 Å². The molecule has 0 unspecified atom stereocenters. The molecule has 2 rings (SSSR count). The van der Waals surface area contributed by atoms with E-state index in [1.165, 1.54) is 24.0 Å². The molecule has 3 heteroatoms. The fourth-order valence-corrected chi connectivity index (χ4v) is 2.26. The van der Waals surface area contributed by atoms with Crippen molar-refractivity contribution in [1.29, 1.82) is 0 Å². The molecule has 0 amide bonds. The van der Waals surface area contributed by atoms with E-state index in [4.69, 9.17) is 0 Å². The summed E-state index contributed by atoms with van der Waals surface area (Å²) in [4.78, 5) is 2.47. The van der Waals surface area contributed by atoms with E-state index in [1.54, 1.807) is 0 Å². The predicted molar refractivity (Wildman–Crippen MR) is 79.9 cm³/mol. The number of benzene rings is 1. The number of nitrogens with zero attached hydrogens (tertiary/aromatic N) is 2. The Morgan fingerprint density at radius 1 is 1.16 bits per heavy atom. The Hall–Kier alpha value is -1.61. The summed E-state index contributed by atoms with van der Waals surface area (Å²) in [6.07, 6.45) is 4.46. The predicted octanol–water partition coefficient (Wildman–Crippen LogP) is 3.70.